The molecule has 0 aliphatic heterocycles. The van der Waals surface area contributed by atoms with E-state index in [0.29, 0.717) is 6.42 Å². The van der Waals surface area contributed by atoms with Crippen molar-refractivity contribution in [2.45, 2.75) is 57.5 Å². The summed E-state index contributed by atoms with van der Waals surface area (Å²) in [7, 11) is 0. The minimum Gasteiger partial charge on any atom is -0.348 e. The van der Waals surface area contributed by atoms with Gasteiger partial charge in [-0.3, -0.25) is 4.79 Å². The Labute approximate surface area is 115 Å². The van der Waals surface area contributed by atoms with E-state index in [4.69, 9.17) is 5.73 Å². The monoisotopic (exact) mass is 260 g/mol. The molecule has 3 heteroatoms. The van der Waals surface area contributed by atoms with Crippen LogP contribution in [0.25, 0.3) is 0 Å². The zero-order valence-electron chi connectivity index (χ0n) is 11.9. The number of aryl methyl sites for hydroxylation is 1. The number of hydrogen-bond acceptors (Lipinski definition) is 2. The Morgan fingerprint density at radius 1 is 1.47 bits per heavy atom. The lowest BCUT2D eigenvalue weighted by Gasteiger charge is -2.30. The highest BCUT2D eigenvalue weighted by Gasteiger charge is 2.30. The van der Waals surface area contributed by atoms with Crippen LogP contribution in [0.2, 0.25) is 0 Å². The molecule has 0 radical (unpaired) electrons. The van der Waals surface area contributed by atoms with E-state index in [0.717, 1.165) is 25.7 Å². The van der Waals surface area contributed by atoms with Gasteiger partial charge in [-0.1, -0.05) is 37.6 Å². The standard InChI is InChI=1S/C16H24N2O/c1-3-11-16(2,17)15(19)18-14-10-6-8-12-7-4-5-9-13(12)14/h4-5,7,9,14H,3,6,8,10-11,17H2,1-2H3,(H,18,19). The molecule has 1 aromatic rings. The molecule has 0 heterocycles. The van der Waals surface area contributed by atoms with Gasteiger partial charge in [0.1, 0.15) is 0 Å². The van der Waals surface area contributed by atoms with Crippen LogP contribution in [0.15, 0.2) is 24.3 Å². The van der Waals surface area contributed by atoms with Crippen LogP contribution in [-0.4, -0.2) is 11.4 Å². The molecule has 0 saturated carbocycles. The number of nitrogens with two attached hydrogens (primary N) is 1. The Morgan fingerprint density at radius 2 is 2.21 bits per heavy atom. The molecule has 0 bridgehead atoms. The molecule has 2 rings (SSSR count). The van der Waals surface area contributed by atoms with Crippen LogP contribution in [0.3, 0.4) is 0 Å². The van der Waals surface area contributed by atoms with Gasteiger partial charge in [0.25, 0.3) is 0 Å². The molecule has 0 spiro atoms. The van der Waals surface area contributed by atoms with Crippen LogP contribution < -0.4 is 11.1 Å². The second-order valence-electron chi connectivity index (χ2n) is 5.78. The molecule has 2 unspecified atom stereocenters. The molecule has 3 N–H and O–H groups in total. The second kappa shape index (κ2) is 5.74. The lowest BCUT2D eigenvalue weighted by Crippen LogP contribution is -2.52. The van der Waals surface area contributed by atoms with Crippen LogP contribution in [0, 0.1) is 0 Å². The van der Waals surface area contributed by atoms with Crippen LogP contribution >= 0.6 is 0 Å². The van der Waals surface area contributed by atoms with Gasteiger partial charge in [0.2, 0.25) is 5.91 Å². The molecule has 19 heavy (non-hydrogen) atoms. The van der Waals surface area contributed by atoms with Gasteiger partial charge in [-0.15, -0.1) is 0 Å². The normalized spacial score (nSPS) is 21.3. The number of amides is 1. The fourth-order valence-electron chi connectivity index (χ4n) is 2.86. The van der Waals surface area contributed by atoms with Gasteiger partial charge >= 0.3 is 0 Å². The molecule has 0 aromatic heterocycles. The van der Waals surface area contributed by atoms with E-state index in [1.807, 2.05) is 19.9 Å². The maximum Gasteiger partial charge on any atom is 0.240 e. The second-order valence-corrected chi connectivity index (χ2v) is 5.78. The van der Waals surface area contributed by atoms with E-state index in [9.17, 15) is 4.79 Å². The van der Waals surface area contributed by atoms with Gasteiger partial charge in [-0.25, -0.2) is 0 Å². The third kappa shape index (κ3) is 3.16. The smallest absolute Gasteiger partial charge is 0.240 e. The Balaban J connectivity index is 2.11. The van der Waals surface area contributed by atoms with E-state index >= 15 is 0 Å². The molecule has 0 saturated heterocycles. The molecule has 0 fully saturated rings. The van der Waals surface area contributed by atoms with E-state index in [1.54, 1.807) is 0 Å². The summed E-state index contributed by atoms with van der Waals surface area (Å²) >= 11 is 0. The number of rotatable bonds is 4. The average Bonchev–Trinajstić information content (AvgIpc) is 2.39. The van der Waals surface area contributed by atoms with Gasteiger partial charge in [0.05, 0.1) is 11.6 Å². The summed E-state index contributed by atoms with van der Waals surface area (Å²) in [5.74, 6) is -0.0314. The molecule has 1 aliphatic carbocycles. The van der Waals surface area contributed by atoms with Crippen LogP contribution in [0.4, 0.5) is 0 Å². The Hall–Kier alpha value is -1.35. The Bertz CT molecular complexity index is 454. The van der Waals surface area contributed by atoms with Crippen LogP contribution in [0.5, 0.6) is 0 Å². The maximum atomic E-state index is 12.3. The number of fused-ring (bicyclic) bond motifs is 1. The summed E-state index contributed by atoms with van der Waals surface area (Å²) in [6.45, 7) is 3.87. The highest BCUT2D eigenvalue weighted by Crippen LogP contribution is 2.29. The van der Waals surface area contributed by atoms with Crippen LogP contribution in [-0.2, 0) is 11.2 Å². The first-order chi connectivity index (χ1) is 9.04. The van der Waals surface area contributed by atoms with Crippen LogP contribution in [0.1, 0.15) is 56.7 Å². The molecule has 3 nitrogen and oxygen atoms in total. The number of benzene rings is 1. The molecular weight excluding hydrogens is 236 g/mol. The van der Waals surface area contributed by atoms with Crippen molar-refractivity contribution in [1.29, 1.82) is 0 Å². The zero-order chi connectivity index (χ0) is 13.9. The first-order valence-corrected chi connectivity index (χ1v) is 7.22. The van der Waals surface area contributed by atoms with E-state index < -0.39 is 5.54 Å². The minimum absolute atomic E-state index is 0.0314. The lowest BCUT2D eigenvalue weighted by molar-refractivity contribution is -0.126. The number of carbonyl (C=O) groups is 1. The van der Waals surface area contributed by atoms with Crippen molar-refractivity contribution < 1.29 is 4.79 Å². The van der Waals surface area contributed by atoms with E-state index in [2.05, 4.69) is 23.5 Å². The highest BCUT2D eigenvalue weighted by molar-refractivity contribution is 5.86. The van der Waals surface area contributed by atoms with E-state index in [1.165, 1.54) is 11.1 Å². The fraction of sp³-hybridized carbons (Fsp3) is 0.562. The van der Waals surface area contributed by atoms with Crippen molar-refractivity contribution >= 4 is 5.91 Å². The lowest BCUT2D eigenvalue weighted by atomic mass is 9.87. The quantitative estimate of drug-likeness (QED) is 0.874. The summed E-state index contributed by atoms with van der Waals surface area (Å²) in [5.41, 5.74) is 7.95. The average molecular weight is 260 g/mol. The van der Waals surface area contributed by atoms with Crippen molar-refractivity contribution in [1.82, 2.24) is 5.32 Å². The summed E-state index contributed by atoms with van der Waals surface area (Å²) in [6, 6.07) is 8.50. The maximum absolute atomic E-state index is 12.3. The third-order valence-corrected chi connectivity index (χ3v) is 3.96. The predicted octanol–water partition coefficient (Wildman–Crippen LogP) is 2.70. The number of carbonyl (C=O) groups excluding carboxylic acids is 1. The third-order valence-electron chi connectivity index (χ3n) is 3.96. The molecule has 1 aliphatic rings. The topological polar surface area (TPSA) is 55.1 Å². The van der Waals surface area contributed by atoms with Crippen molar-refractivity contribution in [2.24, 2.45) is 5.73 Å². The van der Waals surface area contributed by atoms with Crippen molar-refractivity contribution in [3.63, 3.8) is 0 Å². The Morgan fingerprint density at radius 3 is 2.95 bits per heavy atom. The molecule has 1 amide bonds. The molecule has 104 valence electrons. The van der Waals surface area contributed by atoms with Gasteiger partial charge in [-0.05, 0) is 43.7 Å². The number of hydrogen-bond donors (Lipinski definition) is 2. The summed E-state index contributed by atoms with van der Waals surface area (Å²) < 4.78 is 0. The molecule has 2 atom stereocenters. The first-order valence-electron chi connectivity index (χ1n) is 7.22. The SMILES string of the molecule is CCCC(C)(N)C(=O)NC1CCCc2ccccc21. The minimum atomic E-state index is -0.763. The zero-order valence-corrected chi connectivity index (χ0v) is 11.9. The van der Waals surface area contributed by atoms with Gasteiger partial charge in [0.15, 0.2) is 0 Å². The number of nitrogens with one attached hydrogen (secondary N) is 1. The molecule has 1 aromatic carbocycles. The van der Waals surface area contributed by atoms with Gasteiger partial charge in [-0.2, -0.15) is 0 Å². The fourth-order valence-corrected chi connectivity index (χ4v) is 2.86. The Kier molecular flexibility index (Phi) is 4.25. The van der Waals surface area contributed by atoms with Gasteiger partial charge < -0.3 is 11.1 Å². The predicted molar refractivity (Wildman–Crippen MR) is 77.8 cm³/mol. The summed E-state index contributed by atoms with van der Waals surface area (Å²) in [4.78, 5) is 12.3. The molecular formula is C16H24N2O. The van der Waals surface area contributed by atoms with E-state index in [-0.39, 0.29) is 11.9 Å². The summed E-state index contributed by atoms with van der Waals surface area (Å²) in [6.07, 6.45) is 4.87. The first kappa shape index (κ1) is 14.1. The van der Waals surface area contributed by atoms with Gasteiger partial charge in [0, 0.05) is 0 Å². The van der Waals surface area contributed by atoms with Crippen molar-refractivity contribution in [3.05, 3.63) is 35.4 Å². The summed E-state index contributed by atoms with van der Waals surface area (Å²) in [5, 5.41) is 3.14. The van der Waals surface area contributed by atoms with Crippen molar-refractivity contribution in [3.8, 4) is 0 Å². The van der Waals surface area contributed by atoms with Crippen molar-refractivity contribution in [2.75, 3.05) is 0 Å². The largest absolute Gasteiger partial charge is 0.348 e. The highest BCUT2D eigenvalue weighted by atomic mass is 16.2.